The van der Waals surface area contributed by atoms with Gasteiger partial charge in [0.2, 0.25) is 0 Å². The fraction of sp³-hybridized carbons (Fsp3) is 0.214. The minimum absolute atomic E-state index is 0.0450. The summed E-state index contributed by atoms with van der Waals surface area (Å²) >= 11 is 0. The topological polar surface area (TPSA) is 42.4 Å². The molecule has 0 aliphatic rings. The van der Waals surface area contributed by atoms with Crippen molar-refractivity contribution < 1.29 is 14.2 Å². The van der Waals surface area contributed by atoms with E-state index in [4.69, 9.17) is 4.74 Å². The highest BCUT2D eigenvalue weighted by Crippen LogP contribution is 2.32. The van der Waals surface area contributed by atoms with Crippen LogP contribution in [0.1, 0.15) is 24.3 Å². The maximum Gasteiger partial charge on any atom is 0.168 e. The molecule has 0 aliphatic heterocycles. The summed E-state index contributed by atoms with van der Waals surface area (Å²) in [6.45, 7) is 3.34. The van der Waals surface area contributed by atoms with Crippen LogP contribution in [0.15, 0.2) is 36.5 Å². The quantitative estimate of drug-likeness (QED) is 0.904. The van der Waals surface area contributed by atoms with Crippen LogP contribution in [0.4, 0.5) is 4.39 Å². The molecule has 1 atom stereocenters. The zero-order valence-corrected chi connectivity index (χ0v) is 10.2. The maximum absolute atomic E-state index is 13.8. The highest BCUT2D eigenvalue weighted by atomic mass is 19.1. The van der Waals surface area contributed by atoms with Crippen molar-refractivity contribution in [2.75, 3.05) is 0 Å². The van der Waals surface area contributed by atoms with E-state index in [1.165, 1.54) is 6.07 Å². The van der Waals surface area contributed by atoms with Crippen LogP contribution in [0, 0.1) is 12.7 Å². The van der Waals surface area contributed by atoms with Gasteiger partial charge in [0.15, 0.2) is 11.6 Å². The first-order chi connectivity index (χ1) is 8.59. The van der Waals surface area contributed by atoms with E-state index in [-0.39, 0.29) is 5.75 Å². The lowest BCUT2D eigenvalue weighted by Crippen LogP contribution is -2.00. The summed E-state index contributed by atoms with van der Waals surface area (Å²) in [6, 6.07) is 7.90. The van der Waals surface area contributed by atoms with E-state index in [1.54, 1.807) is 44.3 Å². The minimum atomic E-state index is -0.798. The SMILES string of the molecule is Cc1ncccc1Oc1c(F)cccc1C(C)O. The van der Waals surface area contributed by atoms with Crippen LogP contribution in [0.5, 0.6) is 11.5 Å². The maximum atomic E-state index is 13.8. The number of para-hydroxylation sites is 1. The largest absolute Gasteiger partial charge is 0.452 e. The van der Waals surface area contributed by atoms with Crippen LogP contribution in [0.25, 0.3) is 0 Å². The van der Waals surface area contributed by atoms with Gasteiger partial charge >= 0.3 is 0 Å². The Morgan fingerprint density at radius 1 is 1.28 bits per heavy atom. The van der Waals surface area contributed by atoms with Crippen molar-refractivity contribution >= 4 is 0 Å². The summed E-state index contributed by atoms with van der Waals surface area (Å²) in [6.07, 6.45) is 0.840. The molecule has 3 nitrogen and oxygen atoms in total. The number of hydrogen-bond acceptors (Lipinski definition) is 3. The third-order valence-electron chi connectivity index (χ3n) is 2.62. The number of nitrogens with zero attached hydrogens (tertiary/aromatic N) is 1. The molecular weight excluding hydrogens is 233 g/mol. The molecule has 0 saturated carbocycles. The van der Waals surface area contributed by atoms with Gasteiger partial charge in [0.05, 0.1) is 11.8 Å². The molecule has 1 heterocycles. The van der Waals surface area contributed by atoms with E-state index in [9.17, 15) is 9.50 Å². The summed E-state index contributed by atoms with van der Waals surface area (Å²) in [4.78, 5) is 4.07. The molecule has 2 rings (SSSR count). The second-order valence-electron chi connectivity index (χ2n) is 4.02. The zero-order chi connectivity index (χ0) is 13.1. The molecule has 0 amide bonds. The lowest BCUT2D eigenvalue weighted by molar-refractivity contribution is 0.194. The van der Waals surface area contributed by atoms with Gasteiger partial charge in [-0.25, -0.2) is 4.39 Å². The molecule has 1 unspecified atom stereocenters. The zero-order valence-electron chi connectivity index (χ0n) is 10.2. The Kier molecular flexibility index (Phi) is 3.58. The summed E-state index contributed by atoms with van der Waals surface area (Å²) in [5, 5.41) is 9.61. The predicted octanol–water partition coefficient (Wildman–Crippen LogP) is 3.37. The highest BCUT2D eigenvalue weighted by Gasteiger charge is 2.15. The van der Waals surface area contributed by atoms with Crippen LogP contribution in [0.2, 0.25) is 0 Å². The van der Waals surface area contributed by atoms with Gasteiger partial charge in [-0.05, 0) is 32.0 Å². The van der Waals surface area contributed by atoms with Crippen molar-refractivity contribution in [1.82, 2.24) is 4.98 Å². The normalized spacial score (nSPS) is 12.2. The van der Waals surface area contributed by atoms with Crippen LogP contribution in [0.3, 0.4) is 0 Å². The first-order valence-electron chi connectivity index (χ1n) is 5.65. The molecule has 0 spiro atoms. The average molecular weight is 247 g/mol. The Bertz CT molecular complexity index is 555. The number of ether oxygens (including phenoxy) is 1. The lowest BCUT2D eigenvalue weighted by Gasteiger charge is -2.14. The van der Waals surface area contributed by atoms with Crippen molar-refractivity contribution in [1.29, 1.82) is 0 Å². The van der Waals surface area contributed by atoms with Gasteiger partial charge in [-0.15, -0.1) is 0 Å². The molecular formula is C14H14FNO2. The molecule has 94 valence electrons. The van der Waals surface area contributed by atoms with Gasteiger partial charge < -0.3 is 9.84 Å². The number of benzene rings is 1. The third-order valence-corrected chi connectivity index (χ3v) is 2.62. The monoisotopic (exact) mass is 247 g/mol. The van der Waals surface area contributed by atoms with E-state index in [1.807, 2.05) is 0 Å². The van der Waals surface area contributed by atoms with Gasteiger partial charge in [-0.2, -0.15) is 0 Å². The summed E-state index contributed by atoms with van der Waals surface area (Å²) < 4.78 is 19.3. The number of pyridine rings is 1. The Hall–Kier alpha value is -1.94. The summed E-state index contributed by atoms with van der Waals surface area (Å²) in [5.41, 5.74) is 1.08. The summed E-state index contributed by atoms with van der Waals surface area (Å²) in [5.74, 6) is 0.0183. The average Bonchev–Trinajstić information content (AvgIpc) is 2.34. The van der Waals surface area contributed by atoms with E-state index in [0.29, 0.717) is 17.0 Å². The van der Waals surface area contributed by atoms with Crippen molar-refractivity contribution in [3.05, 3.63) is 53.6 Å². The van der Waals surface area contributed by atoms with Gasteiger partial charge in [-0.3, -0.25) is 4.98 Å². The minimum Gasteiger partial charge on any atom is -0.452 e. The number of aromatic nitrogens is 1. The van der Waals surface area contributed by atoms with Gasteiger partial charge in [0, 0.05) is 11.8 Å². The van der Waals surface area contributed by atoms with Gasteiger partial charge in [0.1, 0.15) is 5.75 Å². The van der Waals surface area contributed by atoms with Gasteiger partial charge in [0.25, 0.3) is 0 Å². The predicted molar refractivity (Wildman–Crippen MR) is 66.1 cm³/mol. The molecule has 1 aromatic carbocycles. The molecule has 4 heteroatoms. The second-order valence-corrected chi connectivity index (χ2v) is 4.02. The van der Waals surface area contributed by atoms with Crippen molar-refractivity contribution in [3.63, 3.8) is 0 Å². The first-order valence-corrected chi connectivity index (χ1v) is 5.65. The van der Waals surface area contributed by atoms with E-state index in [2.05, 4.69) is 4.98 Å². The molecule has 1 aromatic heterocycles. The molecule has 1 N–H and O–H groups in total. The van der Waals surface area contributed by atoms with Crippen LogP contribution in [-0.4, -0.2) is 10.1 Å². The molecule has 0 bridgehead atoms. The first kappa shape index (κ1) is 12.5. The Labute approximate surface area is 105 Å². The van der Waals surface area contributed by atoms with Crippen molar-refractivity contribution in [2.24, 2.45) is 0 Å². The standard InChI is InChI=1S/C14H14FNO2/c1-9-13(7-4-8-16-9)18-14-11(10(2)17)5-3-6-12(14)15/h3-8,10,17H,1-2H3. The summed E-state index contributed by atoms with van der Waals surface area (Å²) in [7, 11) is 0. The highest BCUT2D eigenvalue weighted by molar-refractivity contribution is 5.41. The smallest absolute Gasteiger partial charge is 0.168 e. The molecule has 0 aliphatic carbocycles. The molecule has 0 saturated heterocycles. The Balaban J connectivity index is 2.43. The number of halogens is 1. The van der Waals surface area contributed by atoms with Crippen LogP contribution < -0.4 is 4.74 Å². The van der Waals surface area contributed by atoms with Crippen molar-refractivity contribution in [3.8, 4) is 11.5 Å². The molecule has 0 fully saturated rings. The number of aliphatic hydroxyl groups is 1. The fourth-order valence-electron chi connectivity index (χ4n) is 1.65. The van der Waals surface area contributed by atoms with Gasteiger partial charge in [-0.1, -0.05) is 12.1 Å². The van der Waals surface area contributed by atoms with E-state index in [0.717, 1.165) is 0 Å². The number of aliphatic hydroxyl groups excluding tert-OH is 1. The molecule has 0 radical (unpaired) electrons. The Morgan fingerprint density at radius 3 is 2.72 bits per heavy atom. The van der Waals surface area contributed by atoms with Crippen LogP contribution in [-0.2, 0) is 0 Å². The third kappa shape index (κ3) is 2.49. The lowest BCUT2D eigenvalue weighted by atomic mass is 10.1. The van der Waals surface area contributed by atoms with Crippen molar-refractivity contribution in [2.45, 2.75) is 20.0 Å². The number of rotatable bonds is 3. The molecule has 18 heavy (non-hydrogen) atoms. The molecule has 2 aromatic rings. The number of aryl methyl sites for hydroxylation is 1. The fourth-order valence-corrected chi connectivity index (χ4v) is 1.65. The Morgan fingerprint density at radius 2 is 2.06 bits per heavy atom. The second kappa shape index (κ2) is 5.14. The van der Waals surface area contributed by atoms with Crippen LogP contribution >= 0.6 is 0 Å². The number of hydrogen-bond donors (Lipinski definition) is 1. The van der Waals surface area contributed by atoms with E-state index < -0.39 is 11.9 Å². The van der Waals surface area contributed by atoms with E-state index >= 15 is 0 Å².